The van der Waals surface area contributed by atoms with E-state index in [1.54, 1.807) is 6.07 Å². The standard InChI is InChI=1S/C22H24Cl3N3/c1-15-21(16-6-8-17(23)9-7-16)28(20-11-10-18(24)14-19(20)25)26-22(15)27-12-4-2-3-5-13-27/h6-11,14-15,21H,2-5,12-13H2,1H3/t15-,21-/m0/s1. The van der Waals surface area contributed by atoms with E-state index >= 15 is 0 Å². The molecule has 0 bridgehead atoms. The lowest BCUT2D eigenvalue weighted by Crippen LogP contribution is -2.35. The van der Waals surface area contributed by atoms with Gasteiger partial charge in [-0.25, -0.2) is 0 Å². The summed E-state index contributed by atoms with van der Waals surface area (Å²) in [6.45, 7) is 4.39. The minimum absolute atomic E-state index is 0.0641. The van der Waals surface area contributed by atoms with E-state index in [-0.39, 0.29) is 12.0 Å². The number of benzene rings is 2. The van der Waals surface area contributed by atoms with Crippen molar-refractivity contribution in [1.29, 1.82) is 0 Å². The molecule has 0 aliphatic carbocycles. The number of likely N-dealkylation sites (tertiary alicyclic amines) is 1. The molecule has 0 aromatic heterocycles. The van der Waals surface area contributed by atoms with Crippen molar-refractivity contribution in [2.45, 2.75) is 38.6 Å². The maximum atomic E-state index is 6.56. The van der Waals surface area contributed by atoms with Crippen LogP contribution in [0.5, 0.6) is 0 Å². The highest BCUT2D eigenvalue weighted by Crippen LogP contribution is 2.43. The van der Waals surface area contributed by atoms with Crippen LogP contribution in [-0.2, 0) is 0 Å². The summed E-state index contributed by atoms with van der Waals surface area (Å²) in [4.78, 5) is 2.46. The minimum atomic E-state index is 0.0641. The lowest BCUT2D eigenvalue weighted by Gasteiger charge is -2.29. The Balaban J connectivity index is 1.75. The molecular formula is C22H24Cl3N3. The first kappa shape index (κ1) is 19.9. The maximum Gasteiger partial charge on any atom is 0.130 e. The fourth-order valence-electron chi connectivity index (χ4n) is 4.23. The van der Waals surface area contributed by atoms with Crippen LogP contribution in [0.3, 0.4) is 0 Å². The van der Waals surface area contributed by atoms with Crippen LogP contribution < -0.4 is 5.01 Å². The maximum absolute atomic E-state index is 6.56. The molecule has 2 aromatic rings. The third kappa shape index (κ3) is 3.98. The molecular weight excluding hydrogens is 413 g/mol. The van der Waals surface area contributed by atoms with Gasteiger partial charge in [-0.05, 0) is 48.7 Å². The third-order valence-corrected chi connectivity index (χ3v) is 6.44. The van der Waals surface area contributed by atoms with Crippen molar-refractivity contribution in [1.82, 2.24) is 4.90 Å². The highest BCUT2D eigenvalue weighted by Gasteiger charge is 2.39. The Morgan fingerprint density at radius 3 is 2.14 bits per heavy atom. The Hall–Kier alpha value is -1.42. The molecule has 0 saturated carbocycles. The molecule has 2 aromatic carbocycles. The Bertz CT molecular complexity index is 858. The fraction of sp³-hybridized carbons (Fsp3) is 0.409. The molecule has 1 saturated heterocycles. The molecule has 0 unspecified atom stereocenters. The number of rotatable bonds is 2. The predicted molar refractivity (Wildman–Crippen MR) is 120 cm³/mol. The van der Waals surface area contributed by atoms with Crippen LogP contribution >= 0.6 is 34.8 Å². The zero-order chi connectivity index (χ0) is 19.7. The van der Waals surface area contributed by atoms with Gasteiger partial charge in [-0.15, -0.1) is 0 Å². The second kappa shape index (κ2) is 8.52. The zero-order valence-corrected chi connectivity index (χ0v) is 18.2. The van der Waals surface area contributed by atoms with Gasteiger partial charge in [0.05, 0.1) is 16.8 Å². The van der Waals surface area contributed by atoms with Crippen LogP contribution in [0.4, 0.5) is 5.69 Å². The molecule has 0 spiro atoms. The molecule has 0 N–H and O–H groups in total. The van der Waals surface area contributed by atoms with Crippen molar-refractivity contribution < 1.29 is 0 Å². The second-order valence-corrected chi connectivity index (χ2v) is 8.86. The molecule has 2 aliphatic heterocycles. The van der Waals surface area contributed by atoms with E-state index in [0.717, 1.165) is 29.6 Å². The first-order chi connectivity index (χ1) is 13.5. The van der Waals surface area contributed by atoms with E-state index < -0.39 is 0 Å². The van der Waals surface area contributed by atoms with E-state index in [9.17, 15) is 0 Å². The van der Waals surface area contributed by atoms with Crippen molar-refractivity contribution >= 4 is 46.3 Å². The molecule has 3 nitrogen and oxygen atoms in total. The van der Waals surface area contributed by atoms with Crippen molar-refractivity contribution in [2.75, 3.05) is 18.1 Å². The number of hydrazone groups is 1. The van der Waals surface area contributed by atoms with Gasteiger partial charge in [0.25, 0.3) is 0 Å². The number of anilines is 1. The van der Waals surface area contributed by atoms with E-state index in [2.05, 4.69) is 29.0 Å². The lowest BCUT2D eigenvalue weighted by atomic mass is 9.93. The van der Waals surface area contributed by atoms with Crippen molar-refractivity contribution in [2.24, 2.45) is 11.0 Å². The molecule has 2 atom stereocenters. The predicted octanol–water partition coefficient (Wildman–Crippen LogP) is 7.03. The Morgan fingerprint density at radius 2 is 1.50 bits per heavy atom. The minimum Gasteiger partial charge on any atom is -0.358 e. The lowest BCUT2D eigenvalue weighted by molar-refractivity contribution is 0.410. The van der Waals surface area contributed by atoms with E-state index in [0.29, 0.717) is 10.0 Å². The smallest absolute Gasteiger partial charge is 0.130 e. The molecule has 0 amide bonds. The van der Waals surface area contributed by atoms with Crippen molar-refractivity contribution in [3.05, 3.63) is 63.1 Å². The average Bonchev–Trinajstić information content (AvgIpc) is 2.85. The zero-order valence-electron chi connectivity index (χ0n) is 15.9. The van der Waals surface area contributed by atoms with Gasteiger partial charge in [-0.2, -0.15) is 5.10 Å². The number of nitrogens with zero attached hydrogens (tertiary/aromatic N) is 3. The fourth-order valence-corrected chi connectivity index (χ4v) is 4.85. The van der Waals surface area contributed by atoms with Gasteiger partial charge in [0, 0.05) is 29.1 Å². The van der Waals surface area contributed by atoms with Crippen LogP contribution in [0.25, 0.3) is 0 Å². The number of hydrogen-bond acceptors (Lipinski definition) is 3. The van der Waals surface area contributed by atoms with E-state index in [1.807, 2.05) is 24.3 Å². The van der Waals surface area contributed by atoms with Gasteiger partial charge in [0.1, 0.15) is 5.84 Å². The van der Waals surface area contributed by atoms with E-state index in [1.165, 1.54) is 31.2 Å². The summed E-state index contributed by atoms with van der Waals surface area (Å²) in [7, 11) is 0. The molecule has 2 aliphatic rings. The van der Waals surface area contributed by atoms with Crippen LogP contribution in [-0.4, -0.2) is 23.8 Å². The summed E-state index contributed by atoms with van der Waals surface area (Å²) in [5, 5.41) is 9.12. The normalized spacial score (nSPS) is 22.9. The summed E-state index contributed by atoms with van der Waals surface area (Å²) in [5.74, 6) is 1.39. The van der Waals surface area contributed by atoms with Gasteiger partial charge in [0.2, 0.25) is 0 Å². The van der Waals surface area contributed by atoms with Crippen LogP contribution in [0.15, 0.2) is 47.6 Å². The van der Waals surface area contributed by atoms with Crippen LogP contribution in [0.2, 0.25) is 15.1 Å². The van der Waals surface area contributed by atoms with Gasteiger partial charge in [0.15, 0.2) is 0 Å². The molecule has 4 rings (SSSR count). The molecule has 6 heteroatoms. The molecule has 1 fully saturated rings. The number of halogens is 3. The van der Waals surface area contributed by atoms with Crippen LogP contribution in [0.1, 0.15) is 44.2 Å². The summed E-state index contributed by atoms with van der Waals surface area (Å²) in [6.07, 6.45) is 5.04. The Labute approximate surface area is 181 Å². The van der Waals surface area contributed by atoms with E-state index in [4.69, 9.17) is 39.9 Å². The number of amidine groups is 1. The molecule has 28 heavy (non-hydrogen) atoms. The van der Waals surface area contributed by atoms with Gasteiger partial charge in [-0.1, -0.05) is 66.7 Å². The molecule has 2 heterocycles. The average molecular weight is 437 g/mol. The van der Waals surface area contributed by atoms with Crippen molar-refractivity contribution in [3.8, 4) is 0 Å². The van der Waals surface area contributed by atoms with Crippen molar-refractivity contribution in [3.63, 3.8) is 0 Å². The quantitative estimate of drug-likeness (QED) is 0.503. The summed E-state index contributed by atoms with van der Waals surface area (Å²) in [5.41, 5.74) is 2.05. The monoisotopic (exact) mass is 435 g/mol. The third-order valence-electron chi connectivity index (χ3n) is 5.65. The highest BCUT2D eigenvalue weighted by atomic mass is 35.5. The summed E-state index contributed by atoms with van der Waals surface area (Å²) >= 11 is 18.8. The highest BCUT2D eigenvalue weighted by molar-refractivity contribution is 6.36. The molecule has 0 radical (unpaired) electrons. The SMILES string of the molecule is C[C@@H]1C(N2CCCCCC2)=NN(c2ccc(Cl)cc2Cl)[C@@H]1c1ccc(Cl)cc1. The Kier molecular flexibility index (Phi) is 6.05. The first-order valence-electron chi connectivity index (χ1n) is 9.88. The largest absolute Gasteiger partial charge is 0.358 e. The summed E-state index contributed by atoms with van der Waals surface area (Å²) in [6, 6.07) is 13.7. The number of hydrogen-bond donors (Lipinski definition) is 0. The molecule has 148 valence electrons. The van der Waals surface area contributed by atoms with Gasteiger partial charge >= 0.3 is 0 Å². The second-order valence-electron chi connectivity index (χ2n) is 7.58. The summed E-state index contributed by atoms with van der Waals surface area (Å²) < 4.78 is 0. The Morgan fingerprint density at radius 1 is 0.857 bits per heavy atom. The van der Waals surface area contributed by atoms with Crippen LogP contribution in [0, 0.1) is 5.92 Å². The topological polar surface area (TPSA) is 18.8 Å². The van der Waals surface area contributed by atoms with Gasteiger partial charge < -0.3 is 4.90 Å². The first-order valence-corrected chi connectivity index (χ1v) is 11.0. The van der Waals surface area contributed by atoms with Gasteiger partial charge in [-0.3, -0.25) is 5.01 Å².